The maximum atomic E-state index is 12.3. The van der Waals surface area contributed by atoms with Gasteiger partial charge >= 0.3 is 6.09 Å². The zero-order chi connectivity index (χ0) is 21.4. The van der Waals surface area contributed by atoms with Crippen LogP contribution in [0.4, 0.5) is 10.5 Å². The van der Waals surface area contributed by atoms with E-state index in [1.165, 1.54) is 0 Å². The van der Waals surface area contributed by atoms with Crippen molar-refractivity contribution < 1.29 is 19.1 Å². The van der Waals surface area contributed by atoms with Crippen LogP contribution in [0.25, 0.3) is 0 Å². The minimum Gasteiger partial charge on any atom is -0.444 e. The molecule has 0 saturated carbocycles. The van der Waals surface area contributed by atoms with Crippen LogP contribution >= 0.6 is 0 Å². The van der Waals surface area contributed by atoms with Gasteiger partial charge in [-0.2, -0.15) is 0 Å². The molecule has 2 aromatic carbocycles. The van der Waals surface area contributed by atoms with Crippen molar-refractivity contribution in [3.05, 3.63) is 65.2 Å². The fourth-order valence-electron chi connectivity index (χ4n) is 2.52. The van der Waals surface area contributed by atoms with Crippen LogP contribution in [0.2, 0.25) is 0 Å². The Balaban J connectivity index is 1.92. The fourth-order valence-corrected chi connectivity index (χ4v) is 2.52. The monoisotopic (exact) mass is 397 g/mol. The summed E-state index contributed by atoms with van der Waals surface area (Å²) in [4.78, 5) is 36.2. The summed E-state index contributed by atoms with van der Waals surface area (Å²) in [7, 11) is 0. The van der Waals surface area contributed by atoms with Crippen molar-refractivity contribution >= 4 is 23.6 Å². The highest BCUT2D eigenvalue weighted by molar-refractivity contribution is 5.95. The second-order valence-electron chi connectivity index (χ2n) is 7.61. The number of hydrogen-bond acceptors (Lipinski definition) is 4. The zero-order valence-corrected chi connectivity index (χ0v) is 17.2. The topological polar surface area (TPSA) is 96.5 Å². The first-order valence-corrected chi connectivity index (χ1v) is 9.33. The summed E-state index contributed by atoms with van der Waals surface area (Å²) < 4.78 is 5.10. The number of carbonyl (C=O) groups is 3. The van der Waals surface area contributed by atoms with E-state index in [-0.39, 0.29) is 19.0 Å². The Labute approximate surface area is 170 Å². The molecule has 3 amide bonds. The molecule has 0 heterocycles. The lowest BCUT2D eigenvalue weighted by Crippen LogP contribution is -2.37. The van der Waals surface area contributed by atoms with Gasteiger partial charge in [-0.3, -0.25) is 9.59 Å². The second-order valence-corrected chi connectivity index (χ2v) is 7.61. The molecule has 0 aliphatic rings. The number of carbonyl (C=O) groups excluding carboxylic acids is 3. The van der Waals surface area contributed by atoms with Crippen molar-refractivity contribution in [2.75, 3.05) is 11.9 Å². The van der Waals surface area contributed by atoms with E-state index in [4.69, 9.17) is 4.74 Å². The van der Waals surface area contributed by atoms with Crippen LogP contribution in [0.15, 0.2) is 48.5 Å². The minimum atomic E-state index is -0.661. The summed E-state index contributed by atoms with van der Waals surface area (Å²) in [6.07, 6.45) is -0.661. The van der Waals surface area contributed by atoms with Gasteiger partial charge in [0.1, 0.15) is 12.1 Å². The third-order valence-electron chi connectivity index (χ3n) is 3.80. The van der Waals surface area contributed by atoms with Gasteiger partial charge in [-0.15, -0.1) is 0 Å². The van der Waals surface area contributed by atoms with Gasteiger partial charge < -0.3 is 20.7 Å². The Hall–Kier alpha value is -3.35. The van der Waals surface area contributed by atoms with Gasteiger partial charge in [-0.05, 0) is 51.5 Å². The highest BCUT2D eigenvalue weighted by Gasteiger charge is 2.17. The van der Waals surface area contributed by atoms with Crippen LogP contribution in [0, 0.1) is 6.92 Å². The van der Waals surface area contributed by atoms with Crippen LogP contribution in [0.1, 0.15) is 42.3 Å². The number of benzene rings is 2. The Kier molecular flexibility index (Phi) is 7.36. The molecular weight excluding hydrogens is 370 g/mol. The predicted octanol–water partition coefficient (Wildman–Crippen LogP) is 3.39. The standard InChI is InChI=1S/C22H27N3O4/c1-15-8-7-10-16(12-15)20(27)23-13-17-9-5-6-11-18(17)25-19(26)14-24-21(28)29-22(2,3)4/h5-12H,13-14H2,1-4H3,(H,23,27)(H,24,28)(H,25,26). The molecule has 2 aromatic rings. The third-order valence-corrected chi connectivity index (χ3v) is 3.80. The van der Waals surface area contributed by atoms with E-state index in [2.05, 4.69) is 16.0 Å². The number of aryl methyl sites for hydroxylation is 1. The van der Waals surface area contributed by atoms with Gasteiger partial charge in [0.15, 0.2) is 0 Å². The average Bonchev–Trinajstić information content (AvgIpc) is 2.64. The molecule has 7 nitrogen and oxygen atoms in total. The van der Waals surface area contributed by atoms with E-state index in [1.807, 2.05) is 37.3 Å². The Morgan fingerprint density at radius 2 is 1.69 bits per heavy atom. The lowest BCUT2D eigenvalue weighted by Gasteiger charge is -2.19. The number of ether oxygens (including phenoxy) is 1. The number of hydrogen-bond donors (Lipinski definition) is 3. The first kappa shape index (κ1) is 21.9. The van der Waals surface area contributed by atoms with Gasteiger partial charge in [0.05, 0.1) is 0 Å². The summed E-state index contributed by atoms with van der Waals surface area (Å²) in [6.45, 7) is 7.18. The highest BCUT2D eigenvalue weighted by atomic mass is 16.6. The fraction of sp³-hybridized carbons (Fsp3) is 0.318. The summed E-state index contributed by atoms with van der Waals surface area (Å²) >= 11 is 0. The second kappa shape index (κ2) is 9.73. The van der Waals surface area contributed by atoms with Gasteiger partial charge in [0.25, 0.3) is 5.91 Å². The van der Waals surface area contributed by atoms with Crippen LogP contribution in [-0.4, -0.2) is 30.1 Å². The molecule has 0 fully saturated rings. The highest BCUT2D eigenvalue weighted by Crippen LogP contribution is 2.15. The molecule has 29 heavy (non-hydrogen) atoms. The average molecular weight is 397 g/mol. The lowest BCUT2D eigenvalue weighted by molar-refractivity contribution is -0.115. The molecule has 0 radical (unpaired) electrons. The first-order valence-electron chi connectivity index (χ1n) is 9.33. The lowest BCUT2D eigenvalue weighted by atomic mass is 10.1. The Morgan fingerprint density at radius 3 is 2.38 bits per heavy atom. The maximum Gasteiger partial charge on any atom is 0.408 e. The number of nitrogens with one attached hydrogen (secondary N) is 3. The predicted molar refractivity (Wildman–Crippen MR) is 112 cm³/mol. The number of anilines is 1. The van der Waals surface area contributed by atoms with Crippen molar-refractivity contribution in [1.29, 1.82) is 0 Å². The smallest absolute Gasteiger partial charge is 0.408 e. The number of rotatable bonds is 6. The van der Waals surface area contributed by atoms with Crippen LogP contribution in [-0.2, 0) is 16.1 Å². The molecule has 0 unspecified atom stereocenters. The minimum absolute atomic E-state index is 0.193. The SMILES string of the molecule is Cc1cccc(C(=O)NCc2ccccc2NC(=O)CNC(=O)OC(C)(C)C)c1. The summed E-state index contributed by atoms with van der Waals surface area (Å²) in [5.74, 6) is -0.588. The largest absolute Gasteiger partial charge is 0.444 e. The van der Waals surface area contributed by atoms with Crippen LogP contribution in [0.5, 0.6) is 0 Å². The van der Waals surface area contributed by atoms with E-state index < -0.39 is 17.6 Å². The van der Waals surface area contributed by atoms with E-state index >= 15 is 0 Å². The summed E-state index contributed by atoms with van der Waals surface area (Å²) in [6, 6.07) is 14.5. The van der Waals surface area contributed by atoms with E-state index in [9.17, 15) is 14.4 Å². The van der Waals surface area contributed by atoms with Crippen molar-refractivity contribution in [3.8, 4) is 0 Å². The van der Waals surface area contributed by atoms with E-state index in [0.29, 0.717) is 11.3 Å². The molecule has 0 spiro atoms. The van der Waals surface area contributed by atoms with Gasteiger partial charge in [0, 0.05) is 17.8 Å². The third kappa shape index (κ3) is 7.65. The van der Waals surface area contributed by atoms with Crippen LogP contribution < -0.4 is 16.0 Å². The molecule has 0 atom stereocenters. The van der Waals surface area contributed by atoms with Crippen molar-refractivity contribution in [2.24, 2.45) is 0 Å². The summed E-state index contributed by atoms with van der Waals surface area (Å²) in [5.41, 5.74) is 2.26. The molecule has 0 aliphatic carbocycles. The molecular formula is C22H27N3O4. The quantitative estimate of drug-likeness (QED) is 0.696. The molecule has 0 aromatic heterocycles. The Bertz CT molecular complexity index is 888. The summed E-state index contributed by atoms with van der Waals surface area (Å²) in [5, 5.41) is 8.01. The first-order chi connectivity index (χ1) is 13.6. The number of amides is 3. The molecule has 2 rings (SSSR count). The molecule has 7 heteroatoms. The molecule has 0 bridgehead atoms. The normalized spacial score (nSPS) is 10.8. The van der Waals surface area contributed by atoms with Crippen LogP contribution in [0.3, 0.4) is 0 Å². The Morgan fingerprint density at radius 1 is 0.966 bits per heavy atom. The van der Waals surface area contributed by atoms with Gasteiger partial charge in [-0.1, -0.05) is 35.9 Å². The van der Waals surface area contributed by atoms with Crippen molar-refractivity contribution in [2.45, 2.75) is 39.8 Å². The number of alkyl carbamates (subject to hydrolysis) is 1. The van der Waals surface area contributed by atoms with E-state index in [0.717, 1.165) is 11.1 Å². The van der Waals surface area contributed by atoms with Gasteiger partial charge in [0.2, 0.25) is 5.91 Å². The molecule has 0 aliphatic heterocycles. The van der Waals surface area contributed by atoms with E-state index in [1.54, 1.807) is 39.0 Å². The molecule has 3 N–H and O–H groups in total. The zero-order valence-electron chi connectivity index (χ0n) is 17.2. The van der Waals surface area contributed by atoms with Gasteiger partial charge in [-0.25, -0.2) is 4.79 Å². The maximum absolute atomic E-state index is 12.3. The molecule has 154 valence electrons. The van der Waals surface area contributed by atoms with Crippen molar-refractivity contribution in [1.82, 2.24) is 10.6 Å². The van der Waals surface area contributed by atoms with Crippen molar-refractivity contribution in [3.63, 3.8) is 0 Å². The molecule has 0 saturated heterocycles. The number of para-hydroxylation sites is 1.